The molecule has 0 aliphatic carbocycles. The Bertz CT molecular complexity index is 1170. The van der Waals surface area contributed by atoms with Crippen molar-refractivity contribution in [2.75, 3.05) is 12.4 Å². The molecule has 29 heavy (non-hydrogen) atoms. The number of thiazole rings is 2. The molecule has 4 rings (SSSR count). The Labute approximate surface area is 176 Å². The Hall–Kier alpha value is -2.97. The number of furan rings is 1. The average Bonchev–Trinajstić information content (AvgIpc) is 3.40. The van der Waals surface area contributed by atoms with Crippen molar-refractivity contribution >= 4 is 33.7 Å². The second-order valence-electron chi connectivity index (χ2n) is 6.45. The maximum Gasteiger partial charge on any atom is 0.269 e. The molecule has 3 heterocycles. The third kappa shape index (κ3) is 3.94. The summed E-state index contributed by atoms with van der Waals surface area (Å²) < 4.78 is 10.8. The van der Waals surface area contributed by atoms with Crippen LogP contribution in [0.2, 0.25) is 0 Å². The lowest BCUT2D eigenvalue weighted by Gasteiger charge is -2.02. The Morgan fingerprint density at radius 3 is 2.45 bits per heavy atom. The van der Waals surface area contributed by atoms with Crippen LogP contribution >= 0.6 is 22.7 Å². The summed E-state index contributed by atoms with van der Waals surface area (Å²) >= 11 is 2.76. The summed E-state index contributed by atoms with van der Waals surface area (Å²) in [7, 11) is 1.64. The van der Waals surface area contributed by atoms with Crippen LogP contribution < -0.4 is 10.1 Å². The zero-order valence-electron chi connectivity index (χ0n) is 16.4. The number of rotatable bonds is 5. The lowest BCUT2D eigenvalue weighted by molar-refractivity contribution is 0.103. The highest BCUT2D eigenvalue weighted by Gasteiger charge is 2.20. The van der Waals surface area contributed by atoms with Crippen molar-refractivity contribution in [3.8, 4) is 27.8 Å². The van der Waals surface area contributed by atoms with Gasteiger partial charge in [0.2, 0.25) is 0 Å². The van der Waals surface area contributed by atoms with Crippen LogP contribution in [0.1, 0.15) is 26.0 Å². The van der Waals surface area contributed by atoms with Crippen molar-refractivity contribution in [2.45, 2.75) is 20.8 Å². The number of ether oxygens (including phenoxy) is 1. The highest BCUT2D eigenvalue weighted by Crippen LogP contribution is 2.33. The molecule has 4 aromatic rings. The molecular weight excluding hydrogens is 406 g/mol. The summed E-state index contributed by atoms with van der Waals surface area (Å²) in [4.78, 5) is 23.5. The van der Waals surface area contributed by atoms with Gasteiger partial charge in [-0.2, -0.15) is 0 Å². The van der Waals surface area contributed by atoms with Crippen molar-refractivity contribution in [1.29, 1.82) is 0 Å². The summed E-state index contributed by atoms with van der Waals surface area (Å²) in [6.07, 6.45) is 0. The molecule has 1 N–H and O–H groups in total. The molecule has 0 unspecified atom stereocenters. The monoisotopic (exact) mass is 425 g/mol. The molecule has 0 aliphatic rings. The number of nitrogens with one attached hydrogen (secondary N) is 1. The second-order valence-corrected chi connectivity index (χ2v) is 8.65. The number of aryl methyl sites for hydroxylation is 3. The number of carbonyl (C=O) groups is 1. The van der Waals surface area contributed by atoms with Crippen LogP contribution in [0.3, 0.4) is 0 Å². The zero-order valence-corrected chi connectivity index (χ0v) is 18.0. The molecule has 148 valence electrons. The minimum atomic E-state index is -0.218. The normalized spacial score (nSPS) is 10.9. The van der Waals surface area contributed by atoms with Crippen LogP contribution in [0.5, 0.6) is 5.75 Å². The molecule has 0 spiro atoms. The van der Waals surface area contributed by atoms with E-state index < -0.39 is 0 Å². The van der Waals surface area contributed by atoms with E-state index in [4.69, 9.17) is 9.15 Å². The number of aromatic nitrogens is 2. The first-order chi connectivity index (χ1) is 13.9. The Balaban J connectivity index is 1.55. The van der Waals surface area contributed by atoms with Gasteiger partial charge >= 0.3 is 0 Å². The van der Waals surface area contributed by atoms with E-state index in [-0.39, 0.29) is 5.91 Å². The largest absolute Gasteiger partial charge is 0.497 e. The van der Waals surface area contributed by atoms with Crippen LogP contribution in [-0.2, 0) is 0 Å². The molecular formula is C21H19N3O3S2. The molecule has 6 nitrogen and oxygen atoms in total. The molecule has 0 fully saturated rings. The number of nitrogens with zero attached hydrogens (tertiary/aromatic N) is 2. The van der Waals surface area contributed by atoms with Crippen LogP contribution in [0.4, 0.5) is 5.13 Å². The Morgan fingerprint density at radius 1 is 1.03 bits per heavy atom. The van der Waals surface area contributed by atoms with Crippen LogP contribution in [-0.4, -0.2) is 23.0 Å². The van der Waals surface area contributed by atoms with Gasteiger partial charge in [-0.3, -0.25) is 10.1 Å². The molecule has 0 atom stereocenters. The van der Waals surface area contributed by atoms with E-state index in [1.165, 1.54) is 22.7 Å². The molecule has 0 saturated carbocycles. The third-order valence-corrected chi connectivity index (χ3v) is 6.39. The van der Waals surface area contributed by atoms with Gasteiger partial charge in [0.25, 0.3) is 5.91 Å². The SMILES string of the molecule is COc1ccc(-c2nc(NC(=O)c3sc(-c4ccc(C)o4)nc3C)sc2C)cc1. The minimum Gasteiger partial charge on any atom is -0.497 e. The van der Waals surface area contributed by atoms with Crippen LogP contribution in [0.15, 0.2) is 40.8 Å². The Morgan fingerprint density at radius 2 is 1.79 bits per heavy atom. The first kappa shape index (κ1) is 19.4. The van der Waals surface area contributed by atoms with Gasteiger partial charge < -0.3 is 9.15 Å². The van der Waals surface area contributed by atoms with Crippen molar-refractivity contribution in [3.63, 3.8) is 0 Å². The van der Waals surface area contributed by atoms with Gasteiger partial charge in [-0.1, -0.05) is 0 Å². The van der Waals surface area contributed by atoms with Gasteiger partial charge in [-0.05, 0) is 57.2 Å². The van der Waals surface area contributed by atoms with Gasteiger partial charge in [0.1, 0.15) is 16.4 Å². The second kappa shape index (κ2) is 7.81. The van der Waals surface area contributed by atoms with Crippen molar-refractivity contribution in [3.05, 3.63) is 57.6 Å². The maximum atomic E-state index is 12.8. The number of carbonyl (C=O) groups excluding carboxylic acids is 1. The molecule has 0 radical (unpaired) electrons. The maximum absolute atomic E-state index is 12.8. The lowest BCUT2D eigenvalue weighted by Crippen LogP contribution is -2.11. The fraction of sp³-hybridized carbons (Fsp3) is 0.190. The predicted molar refractivity (Wildman–Crippen MR) is 116 cm³/mol. The number of benzene rings is 1. The molecule has 0 aliphatic heterocycles. The van der Waals surface area contributed by atoms with Crippen molar-refractivity contribution in [2.24, 2.45) is 0 Å². The quantitative estimate of drug-likeness (QED) is 0.443. The highest BCUT2D eigenvalue weighted by molar-refractivity contribution is 7.18. The molecule has 1 aromatic carbocycles. The van der Waals surface area contributed by atoms with E-state index in [1.807, 2.05) is 57.2 Å². The highest BCUT2D eigenvalue weighted by atomic mass is 32.1. The van der Waals surface area contributed by atoms with E-state index in [2.05, 4.69) is 15.3 Å². The molecule has 0 saturated heterocycles. The number of amides is 1. The number of anilines is 1. The number of hydrogen-bond acceptors (Lipinski definition) is 7. The first-order valence-electron chi connectivity index (χ1n) is 8.92. The smallest absolute Gasteiger partial charge is 0.269 e. The predicted octanol–water partition coefficient (Wildman–Crippen LogP) is 5.71. The van der Waals surface area contributed by atoms with E-state index in [9.17, 15) is 4.79 Å². The van der Waals surface area contributed by atoms with Crippen LogP contribution in [0.25, 0.3) is 22.0 Å². The van der Waals surface area contributed by atoms with E-state index in [1.54, 1.807) is 7.11 Å². The Kier molecular flexibility index (Phi) is 5.21. The fourth-order valence-electron chi connectivity index (χ4n) is 2.88. The summed E-state index contributed by atoms with van der Waals surface area (Å²) in [5.74, 6) is 2.05. The molecule has 0 bridgehead atoms. The third-order valence-electron chi connectivity index (χ3n) is 4.33. The standard InChI is InChI=1S/C21H19N3O3S2/c1-11-5-10-16(27-11)20-22-12(2)18(29-20)19(25)24-21-23-17(13(3)28-21)14-6-8-15(26-4)9-7-14/h5-10H,1-4H3,(H,23,24,25). The van der Waals surface area contributed by atoms with E-state index in [0.29, 0.717) is 26.5 Å². The van der Waals surface area contributed by atoms with Gasteiger partial charge in [-0.15, -0.1) is 22.7 Å². The zero-order chi connectivity index (χ0) is 20.5. The topological polar surface area (TPSA) is 77.2 Å². The molecule has 3 aromatic heterocycles. The van der Waals surface area contributed by atoms with Gasteiger partial charge in [0.15, 0.2) is 15.9 Å². The van der Waals surface area contributed by atoms with E-state index >= 15 is 0 Å². The van der Waals surface area contributed by atoms with Gasteiger partial charge in [0.05, 0.1) is 18.5 Å². The first-order valence-corrected chi connectivity index (χ1v) is 10.6. The fourth-order valence-corrected chi connectivity index (χ4v) is 4.64. The molecule has 1 amide bonds. The average molecular weight is 426 g/mol. The molecule has 8 heteroatoms. The van der Waals surface area contributed by atoms with Crippen LogP contribution in [0, 0.1) is 20.8 Å². The van der Waals surface area contributed by atoms with Crippen molar-refractivity contribution < 1.29 is 13.9 Å². The van der Waals surface area contributed by atoms with Gasteiger partial charge in [0, 0.05) is 10.4 Å². The number of methoxy groups -OCH3 is 1. The van der Waals surface area contributed by atoms with Crippen molar-refractivity contribution in [1.82, 2.24) is 9.97 Å². The number of hydrogen-bond donors (Lipinski definition) is 1. The summed E-state index contributed by atoms with van der Waals surface area (Å²) in [5, 5.41) is 4.15. The lowest BCUT2D eigenvalue weighted by atomic mass is 10.1. The van der Waals surface area contributed by atoms with Gasteiger partial charge in [-0.25, -0.2) is 9.97 Å². The summed E-state index contributed by atoms with van der Waals surface area (Å²) in [5.41, 5.74) is 2.49. The minimum absolute atomic E-state index is 0.218. The van der Waals surface area contributed by atoms with E-state index in [0.717, 1.165) is 27.6 Å². The summed E-state index contributed by atoms with van der Waals surface area (Å²) in [6, 6.07) is 11.4. The summed E-state index contributed by atoms with van der Waals surface area (Å²) in [6.45, 7) is 5.69.